The third-order valence-electron chi connectivity index (χ3n) is 4.98. The second-order valence-corrected chi connectivity index (χ2v) is 7.13. The molecule has 0 heterocycles. The van der Waals surface area contributed by atoms with Gasteiger partial charge in [-0.15, -0.1) is 0 Å². The molecule has 19 heavy (non-hydrogen) atoms. The lowest BCUT2D eigenvalue weighted by Gasteiger charge is -2.31. The third-order valence-corrected chi connectivity index (χ3v) is 4.98. The van der Waals surface area contributed by atoms with Gasteiger partial charge in [-0.2, -0.15) is 0 Å². The first-order chi connectivity index (χ1) is 9.03. The van der Waals surface area contributed by atoms with Crippen molar-refractivity contribution in [1.82, 2.24) is 5.32 Å². The van der Waals surface area contributed by atoms with E-state index in [1.54, 1.807) is 0 Å². The molecule has 2 saturated carbocycles. The molecule has 2 N–H and O–H groups in total. The Kier molecular flexibility index (Phi) is 5.27. The van der Waals surface area contributed by atoms with Gasteiger partial charge in [0.25, 0.3) is 0 Å². The number of aliphatic hydroxyl groups excluding tert-OH is 1. The molecule has 3 heteroatoms. The smallest absolute Gasteiger partial charge is 0.0897 e. The normalized spacial score (nSPS) is 35.1. The van der Waals surface area contributed by atoms with Crippen LogP contribution in [0.15, 0.2) is 0 Å². The predicted octanol–water partition coefficient (Wildman–Crippen LogP) is 2.72. The lowest BCUT2D eigenvalue weighted by Crippen LogP contribution is -2.36. The lowest BCUT2D eigenvalue weighted by molar-refractivity contribution is -0.0500. The number of aliphatic hydroxyl groups is 1. The Morgan fingerprint density at radius 3 is 2.63 bits per heavy atom. The molecule has 0 bridgehead atoms. The van der Waals surface area contributed by atoms with Crippen molar-refractivity contribution >= 4 is 0 Å². The number of ether oxygens (including phenoxy) is 1. The first kappa shape index (κ1) is 15.3. The van der Waals surface area contributed by atoms with Crippen LogP contribution in [0.2, 0.25) is 0 Å². The molecular weight excluding hydrogens is 238 g/mol. The summed E-state index contributed by atoms with van der Waals surface area (Å²) in [5, 5.41) is 13.4. The molecule has 0 spiro atoms. The second-order valence-electron chi connectivity index (χ2n) is 7.13. The summed E-state index contributed by atoms with van der Waals surface area (Å²) in [5.41, 5.74) is 0.428. The van der Waals surface area contributed by atoms with Crippen molar-refractivity contribution < 1.29 is 9.84 Å². The second kappa shape index (κ2) is 6.55. The highest BCUT2D eigenvalue weighted by Gasteiger charge is 2.45. The molecule has 0 aromatic rings. The van der Waals surface area contributed by atoms with Crippen LogP contribution in [0.5, 0.6) is 0 Å². The van der Waals surface area contributed by atoms with E-state index in [0.717, 1.165) is 0 Å². The first-order valence-electron chi connectivity index (χ1n) is 8.06. The Bertz CT molecular complexity index is 280. The Morgan fingerprint density at radius 2 is 2.00 bits per heavy atom. The summed E-state index contributed by atoms with van der Waals surface area (Å²) in [6.07, 6.45) is 7.54. The highest BCUT2D eigenvalue weighted by molar-refractivity contribution is 5.01. The monoisotopic (exact) mass is 269 g/mol. The summed E-state index contributed by atoms with van der Waals surface area (Å²) in [5.74, 6) is 0.705. The third kappa shape index (κ3) is 4.44. The maximum Gasteiger partial charge on any atom is 0.0897 e. The number of hydrogen-bond acceptors (Lipinski definition) is 3. The summed E-state index contributed by atoms with van der Waals surface area (Å²) in [6, 6.07) is 0.584. The minimum absolute atomic E-state index is 0.365. The van der Waals surface area contributed by atoms with Crippen molar-refractivity contribution in [1.29, 1.82) is 0 Å². The summed E-state index contributed by atoms with van der Waals surface area (Å²) in [6.45, 7) is 7.93. The fourth-order valence-electron chi connectivity index (χ4n) is 3.25. The molecule has 4 unspecified atom stereocenters. The van der Waals surface area contributed by atoms with E-state index < -0.39 is 0 Å². The van der Waals surface area contributed by atoms with E-state index >= 15 is 0 Å². The van der Waals surface area contributed by atoms with Crippen LogP contribution >= 0.6 is 0 Å². The molecule has 4 atom stereocenters. The van der Waals surface area contributed by atoms with Crippen LogP contribution in [0.3, 0.4) is 0 Å². The van der Waals surface area contributed by atoms with Gasteiger partial charge in [0.1, 0.15) is 0 Å². The average Bonchev–Trinajstić information content (AvgIpc) is 3.02. The Hall–Kier alpha value is -0.120. The number of hydrogen-bond donors (Lipinski definition) is 2. The van der Waals surface area contributed by atoms with Crippen LogP contribution in [-0.4, -0.2) is 36.5 Å². The maximum absolute atomic E-state index is 10.00. The topological polar surface area (TPSA) is 41.5 Å². The van der Waals surface area contributed by atoms with Crippen LogP contribution < -0.4 is 5.32 Å². The van der Waals surface area contributed by atoms with Gasteiger partial charge in [-0.05, 0) is 30.6 Å². The summed E-state index contributed by atoms with van der Waals surface area (Å²) in [4.78, 5) is 0. The highest BCUT2D eigenvalue weighted by Crippen LogP contribution is 2.44. The van der Waals surface area contributed by atoms with Crippen molar-refractivity contribution in [2.75, 3.05) is 13.2 Å². The summed E-state index contributed by atoms with van der Waals surface area (Å²) < 4.78 is 5.96. The fourth-order valence-corrected chi connectivity index (χ4v) is 3.25. The van der Waals surface area contributed by atoms with Crippen LogP contribution in [0, 0.1) is 11.3 Å². The molecular formula is C16H31NO2. The van der Waals surface area contributed by atoms with Gasteiger partial charge in [0, 0.05) is 12.6 Å². The van der Waals surface area contributed by atoms with Gasteiger partial charge in [-0.3, -0.25) is 0 Å². The zero-order valence-corrected chi connectivity index (χ0v) is 12.8. The number of nitrogens with one attached hydrogen (secondary N) is 1. The van der Waals surface area contributed by atoms with Crippen molar-refractivity contribution in [2.45, 2.75) is 77.5 Å². The largest absolute Gasteiger partial charge is 0.389 e. The Labute approximate surface area is 118 Å². The van der Waals surface area contributed by atoms with Crippen molar-refractivity contribution in [3.63, 3.8) is 0 Å². The highest BCUT2D eigenvalue weighted by atomic mass is 16.5. The quantitative estimate of drug-likeness (QED) is 0.746. The van der Waals surface area contributed by atoms with E-state index in [1.165, 1.54) is 38.5 Å². The SMILES string of the molecule is CCC1CCCCC1OCC(O)CNC1CC1(C)C. The summed E-state index contributed by atoms with van der Waals surface area (Å²) in [7, 11) is 0. The number of rotatable bonds is 7. The van der Waals surface area contributed by atoms with E-state index in [-0.39, 0.29) is 6.10 Å². The summed E-state index contributed by atoms with van der Waals surface area (Å²) >= 11 is 0. The van der Waals surface area contributed by atoms with Gasteiger partial charge in [0.2, 0.25) is 0 Å². The van der Waals surface area contributed by atoms with Gasteiger partial charge in [-0.1, -0.05) is 40.0 Å². The molecule has 0 aromatic carbocycles. The standard InChI is InChI=1S/C16H31NO2/c1-4-12-7-5-6-8-14(12)19-11-13(18)10-17-15-9-16(15,2)3/h12-15,17-18H,4-11H2,1-3H3. The Morgan fingerprint density at radius 1 is 1.32 bits per heavy atom. The van der Waals surface area contributed by atoms with Crippen LogP contribution in [0.25, 0.3) is 0 Å². The molecule has 2 aliphatic rings. The van der Waals surface area contributed by atoms with Gasteiger partial charge in [0.15, 0.2) is 0 Å². The van der Waals surface area contributed by atoms with Crippen LogP contribution in [0.4, 0.5) is 0 Å². The zero-order chi connectivity index (χ0) is 13.9. The average molecular weight is 269 g/mol. The molecule has 3 nitrogen and oxygen atoms in total. The van der Waals surface area contributed by atoms with Gasteiger partial charge >= 0.3 is 0 Å². The maximum atomic E-state index is 10.00. The van der Waals surface area contributed by atoms with E-state index in [0.29, 0.717) is 36.6 Å². The van der Waals surface area contributed by atoms with Gasteiger partial charge < -0.3 is 15.2 Å². The van der Waals surface area contributed by atoms with Crippen LogP contribution in [0.1, 0.15) is 59.3 Å². The van der Waals surface area contributed by atoms with Crippen molar-refractivity contribution in [3.05, 3.63) is 0 Å². The first-order valence-corrected chi connectivity index (χ1v) is 8.06. The molecule has 2 rings (SSSR count). The minimum Gasteiger partial charge on any atom is -0.389 e. The van der Waals surface area contributed by atoms with Crippen LogP contribution in [-0.2, 0) is 4.74 Å². The zero-order valence-electron chi connectivity index (χ0n) is 12.8. The molecule has 2 fully saturated rings. The van der Waals surface area contributed by atoms with Gasteiger partial charge in [0.05, 0.1) is 18.8 Å². The minimum atomic E-state index is -0.365. The van der Waals surface area contributed by atoms with Crippen molar-refractivity contribution in [3.8, 4) is 0 Å². The van der Waals surface area contributed by atoms with E-state index in [9.17, 15) is 5.11 Å². The molecule has 112 valence electrons. The molecule has 0 aromatic heterocycles. The predicted molar refractivity (Wildman–Crippen MR) is 78.2 cm³/mol. The Balaban J connectivity index is 1.61. The van der Waals surface area contributed by atoms with E-state index in [4.69, 9.17) is 4.74 Å². The molecule has 0 aliphatic heterocycles. The molecule has 2 aliphatic carbocycles. The van der Waals surface area contributed by atoms with E-state index in [2.05, 4.69) is 26.1 Å². The lowest BCUT2D eigenvalue weighted by atomic mass is 9.85. The molecule has 0 saturated heterocycles. The van der Waals surface area contributed by atoms with E-state index in [1.807, 2.05) is 0 Å². The van der Waals surface area contributed by atoms with Crippen molar-refractivity contribution in [2.24, 2.45) is 11.3 Å². The fraction of sp³-hybridized carbons (Fsp3) is 1.00. The molecule has 0 amide bonds. The van der Waals surface area contributed by atoms with Gasteiger partial charge in [-0.25, -0.2) is 0 Å². The molecule has 0 radical (unpaired) electrons.